The first-order valence-corrected chi connectivity index (χ1v) is 5.60. The lowest BCUT2D eigenvalue weighted by Gasteiger charge is -2.04. The van der Waals surface area contributed by atoms with Gasteiger partial charge in [-0.1, -0.05) is 18.2 Å². The monoisotopic (exact) mass is 242 g/mol. The van der Waals surface area contributed by atoms with Crippen LogP contribution in [-0.2, 0) is 6.54 Å². The first-order chi connectivity index (χ1) is 8.79. The summed E-state index contributed by atoms with van der Waals surface area (Å²) >= 11 is 0. The maximum atomic E-state index is 11.6. The smallest absolute Gasteiger partial charge is 0.251 e. The summed E-state index contributed by atoms with van der Waals surface area (Å²) in [6, 6.07) is 7.41. The first kappa shape index (κ1) is 12.0. The molecular formula is C13H14N4O. The van der Waals surface area contributed by atoms with Crippen LogP contribution in [0, 0.1) is 0 Å². The second-order valence-corrected chi connectivity index (χ2v) is 3.79. The summed E-state index contributed by atoms with van der Waals surface area (Å²) in [5, 5.41) is 6.75. The molecule has 1 amide bonds. The topological polar surface area (TPSA) is 59.8 Å². The molecule has 1 N–H and O–H groups in total. The van der Waals surface area contributed by atoms with Crippen molar-refractivity contribution >= 4 is 5.91 Å². The summed E-state index contributed by atoms with van der Waals surface area (Å²) in [4.78, 5) is 15.5. The molecule has 0 aliphatic carbocycles. The third-order valence-electron chi connectivity index (χ3n) is 2.43. The number of carbonyl (C=O) groups is 1. The van der Waals surface area contributed by atoms with E-state index in [1.165, 1.54) is 6.33 Å². The van der Waals surface area contributed by atoms with Crippen LogP contribution in [-0.4, -0.2) is 27.2 Å². The molecule has 0 spiro atoms. The summed E-state index contributed by atoms with van der Waals surface area (Å²) < 4.78 is 1.73. The Kier molecular flexibility index (Phi) is 3.86. The van der Waals surface area contributed by atoms with Gasteiger partial charge >= 0.3 is 0 Å². The van der Waals surface area contributed by atoms with Crippen molar-refractivity contribution in [2.75, 3.05) is 6.54 Å². The van der Waals surface area contributed by atoms with Gasteiger partial charge in [-0.25, -0.2) is 9.67 Å². The fraction of sp³-hybridized carbons (Fsp3) is 0.154. The Morgan fingerprint density at radius 2 is 2.17 bits per heavy atom. The van der Waals surface area contributed by atoms with E-state index in [9.17, 15) is 4.79 Å². The lowest BCUT2D eigenvalue weighted by Crippen LogP contribution is -2.23. The number of benzene rings is 1. The van der Waals surface area contributed by atoms with Gasteiger partial charge < -0.3 is 5.32 Å². The fourth-order valence-corrected chi connectivity index (χ4v) is 1.53. The number of rotatable bonds is 5. The number of hydrogen-bond acceptors (Lipinski definition) is 3. The molecule has 1 aromatic carbocycles. The highest BCUT2D eigenvalue weighted by Gasteiger charge is 2.03. The molecule has 0 aliphatic heterocycles. The summed E-state index contributed by atoms with van der Waals surface area (Å²) in [6.45, 7) is 4.67. The zero-order valence-electron chi connectivity index (χ0n) is 9.91. The molecule has 0 saturated carbocycles. The van der Waals surface area contributed by atoms with Crippen LogP contribution in [0.5, 0.6) is 0 Å². The van der Waals surface area contributed by atoms with Gasteiger partial charge in [-0.2, -0.15) is 5.10 Å². The third kappa shape index (κ3) is 3.04. The van der Waals surface area contributed by atoms with Gasteiger partial charge in [-0.05, 0) is 17.7 Å². The normalized spacial score (nSPS) is 10.0. The molecule has 18 heavy (non-hydrogen) atoms. The molecule has 5 heteroatoms. The Morgan fingerprint density at radius 1 is 1.39 bits per heavy atom. The predicted molar refractivity (Wildman–Crippen MR) is 68.1 cm³/mol. The molecule has 1 aromatic heterocycles. The van der Waals surface area contributed by atoms with E-state index in [0.717, 1.165) is 5.56 Å². The van der Waals surface area contributed by atoms with Crippen LogP contribution < -0.4 is 5.32 Å². The minimum Gasteiger partial charge on any atom is -0.349 e. The highest BCUT2D eigenvalue weighted by Crippen LogP contribution is 2.05. The van der Waals surface area contributed by atoms with Crippen LogP contribution in [0.2, 0.25) is 0 Å². The molecule has 0 radical (unpaired) electrons. The number of hydrogen-bond donors (Lipinski definition) is 1. The number of nitrogens with one attached hydrogen (secondary N) is 1. The van der Waals surface area contributed by atoms with E-state index < -0.39 is 0 Å². The molecule has 92 valence electrons. The molecule has 0 aliphatic rings. The lowest BCUT2D eigenvalue weighted by atomic mass is 10.1. The molecule has 1 heterocycles. The van der Waals surface area contributed by atoms with Gasteiger partial charge in [-0.15, -0.1) is 6.58 Å². The molecule has 2 aromatic rings. The Hall–Kier alpha value is -2.43. The van der Waals surface area contributed by atoms with Crippen molar-refractivity contribution in [3.63, 3.8) is 0 Å². The average molecular weight is 242 g/mol. The van der Waals surface area contributed by atoms with E-state index in [1.54, 1.807) is 29.2 Å². The Labute approximate surface area is 105 Å². The van der Waals surface area contributed by atoms with Crippen LogP contribution >= 0.6 is 0 Å². The van der Waals surface area contributed by atoms with Crippen molar-refractivity contribution in [2.45, 2.75) is 6.54 Å². The van der Waals surface area contributed by atoms with Gasteiger partial charge in [-0.3, -0.25) is 4.79 Å². The summed E-state index contributed by atoms with van der Waals surface area (Å²) in [6.07, 6.45) is 4.80. The quantitative estimate of drug-likeness (QED) is 0.802. The fourth-order valence-electron chi connectivity index (χ4n) is 1.53. The van der Waals surface area contributed by atoms with Gasteiger partial charge in [0, 0.05) is 12.1 Å². The van der Waals surface area contributed by atoms with Gasteiger partial charge in [0.15, 0.2) is 0 Å². The molecular weight excluding hydrogens is 228 g/mol. The van der Waals surface area contributed by atoms with Crippen molar-refractivity contribution in [3.8, 4) is 0 Å². The Balaban J connectivity index is 2.01. The number of nitrogens with zero attached hydrogens (tertiary/aromatic N) is 3. The van der Waals surface area contributed by atoms with Crippen molar-refractivity contribution in [2.24, 2.45) is 0 Å². The van der Waals surface area contributed by atoms with E-state index in [2.05, 4.69) is 22.0 Å². The van der Waals surface area contributed by atoms with Gasteiger partial charge in [0.1, 0.15) is 12.7 Å². The maximum Gasteiger partial charge on any atom is 0.251 e. The molecule has 0 fully saturated rings. The van der Waals surface area contributed by atoms with E-state index >= 15 is 0 Å². The zero-order chi connectivity index (χ0) is 12.8. The van der Waals surface area contributed by atoms with Crippen LogP contribution in [0.3, 0.4) is 0 Å². The standard InChI is InChI=1S/C13H14N4O/c1-2-7-15-13(18)12-5-3-11(4-6-12)8-17-10-14-9-16-17/h2-6,9-10H,1,7-8H2,(H,15,18). The van der Waals surface area contributed by atoms with Gasteiger partial charge in [0.25, 0.3) is 5.91 Å². The highest BCUT2D eigenvalue weighted by atomic mass is 16.1. The van der Waals surface area contributed by atoms with E-state index in [1.807, 2.05) is 12.1 Å². The van der Waals surface area contributed by atoms with Crippen molar-refractivity contribution in [1.82, 2.24) is 20.1 Å². The largest absolute Gasteiger partial charge is 0.349 e. The Bertz CT molecular complexity index is 516. The number of carbonyl (C=O) groups excluding carboxylic acids is 1. The summed E-state index contributed by atoms with van der Waals surface area (Å²) in [7, 11) is 0. The molecule has 0 atom stereocenters. The molecule has 0 unspecified atom stereocenters. The maximum absolute atomic E-state index is 11.6. The highest BCUT2D eigenvalue weighted by molar-refractivity contribution is 5.94. The van der Waals surface area contributed by atoms with E-state index in [4.69, 9.17) is 0 Å². The average Bonchev–Trinajstić information content (AvgIpc) is 2.89. The van der Waals surface area contributed by atoms with Gasteiger partial charge in [0.2, 0.25) is 0 Å². The molecule has 2 rings (SSSR count). The first-order valence-electron chi connectivity index (χ1n) is 5.60. The third-order valence-corrected chi connectivity index (χ3v) is 2.43. The minimum atomic E-state index is -0.0952. The molecule has 0 bridgehead atoms. The number of aromatic nitrogens is 3. The second-order valence-electron chi connectivity index (χ2n) is 3.79. The number of amides is 1. The minimum absolute atomic E-state index is 0.0952. The van der Waals surface area contributed by atoms with Crippen molar-refractivity contribution < 1.29 is 4.79 Å². The Morgan fingerprint density at radius 3 is 2.78 bits per heavy atom. The molecule has 5 nitrogen and oxygen atoms in total. The molecule has 0 saturated heterocycles. The van der Waals surface area contributed by atoms with Crippen LogP contribution in [0.1, 0.15) is 15.9 Å². The second kappa shape index (κ2) is 5.77. The van der Waals surface area contributed by atoms with Crippen molar-refractivity contribution in [3.05, 3.63) is 60.7 Å². The van der Waals surface area contributed by atoms with E-state index in [-0.39, 0.29) is 5.91 Å². The zero-order valence-corrected chi connectivity index (χ0v) is 9.91. The summed E-state index contributed by atoms with van der Waals surface area (Å²) in [5.41, 5.74) is 1.71. The van der Waals surface area contributed by atoms with Gasteiger partial charge in [0.05, 0.1) is 6.54 Å². The van der Waals surface area contributed by atoms with Crippen molar-refractivity contribution in [1.29, 1.82) is 0 Å². The summed E-state index contributed by atoms with van der Waals surface area (Å²) in [5.74, 6) is -0.0952. The van der Waals surface area contributed by atoms with Crippen LogP contribution in [0.15, 0.2) is 49.6 Å². The lowest BCUT2D eigenvalue weighted by molar-refractivity contribution is 0.0958. The van der Waals surface area contributed by atoms with Crippen LogP contribution in [0.25, 0.3) is 0 Å². The van der Waals surface area contributed by atoms with E-state index in [0.29, 0.717) is 18.7 Å². The van der Waals surface area contributed by atoms with Crippen LogP contribution in [0.4, 0.5) is 0 Å². The predicted octanol–water partition coefficient (Wildman–Crippen LogP) is 1.24. The SMILES string of the molecule is C=CCNC(=O)c1ccc(Cn2cncn2)cc1.